The maximum absolute atomic E-state index is 13.3. The van der Waals surface area contributed by atoms with Crippen LogP contribution < -0.4 is 10.1 Å². The molecule has 164 valence electrons. The summed E-state index contributed by atoms with van der Waals surface area (Å²) in [5, 5.41) is 10.1. The van der Waals surface area contributed by atoms with Crippen LogP contribution in [-0.4, -0.2) is 30.6 Å². The van der Waals surface area contributed by atoms with Gasteiger partial charge in [0.2, 0.25) is 0 Å². The quantitative estimate of drug-likeness (QED) is 0.388. The Kier molecular flexibility index (Phi) is 5.77. The Hall–Kier alpha value is -4.11. The van der Waals surface area contributed by atoms with Gasteiger partial charge in [-0.15, -0.1) is 11.3 Å². The van der Waals surface area contributed by atoms with Crippen LogP contribution in [0.2, 0.25) is 0 Å². The number of aryl methyl sites for hydroxylation is 1. The first-order valence-corrected chi connectivity index (χ1v) is 11.2. The highest BCUT2D eigenvalue weighted by atomic mass is 32.1. The van der Waals surface area contributed by atoms with Gasteiger partial charge in [-0.25, -0.2) is 14.6 Å². The fourth-order valence-electron chi connectivity index (χ4n) is 3.44. The van der Waals surface area contributed by atoms with Crippen molar-refractivity contribution in [1.82, 2.24) is 24.7 Å². The summed E-state index contributed by atoms with van der Waals surface area (Å²) >= 11 is 1.66. The molecule has 5 aromatic heterocycles. The van der Waals surface area contributed by atoms with Gasteiger partial charge in [-0.1, -0.05) is 6.07 Å². The normalized spacial score (nSPS) is 10.9. The van der Waals surface area contributed by atoms with Crippen LogP contribution in [0.1, 0.15) is 26.5 Å². The van der Waals surface area contributed by atoms with Crippen molar-refractivity contribution in [3.63, 3.8) is 0 Å². The third-order valence-corrected chi connectivity index (χ3v) is 5.88. The summed E-state index contributed by atoms with van der Waals surface area (Å²) in [6.07, 6.45) is 6.71. The molecule has 0 unspecified atom stereocenters. The van der Waals surface area contributed by atoms with Gasteiger partial charge in [0, 0.05) is 29.2 Å². The van der Waals surface area contributed by atoms with Crippen molar-refractivity contribution in [2.24, 2.45) is 0 Å². The molecule has 1 amide bonds. The van der Waals surface area contributed by atoms with Crippen LogP contribution in [0.3, 0.4) is 0 Å². The van der Waals surface area contributed by atoms with Crippen molar-refractivity contribution in [3.05, 3.63) is 94.3 Å². The van der Waals surface area contributed by atoms with Crippen molar-refractivity contribution in [2.45, 2.75) is 20.1 Å². The molecule has 1 N–H and O–H groups in total. The van der Waals surface area contributed by atoms with Crippen LogP contribution in [-0.2, 0) is 13.2 Å². The van der Waals surface area contributed by atoms with E-state index in [1.54, 1.807) is 54.3 Å². The van der Waals surface area contributed by atoms with Gasteiger partial charge in [0.15, 0.2) is 17.2 Å². The number of pyridine rings is 3. The number of carbonyl (C=O) groups excluding carboxylic acids is 1. The molecular weight excluding hydrogens is 436 g/mol. The molecule has 0 saturated carbocycles. The van der Waals surface area contributed by atoms with E-state index in [0.29, 0.717) is 41.3 Å². The first kappa shape index (κ1) is 20.8. The molecule has 33 heavy (non-hydrogen) atoms. The number of anilines is 1. The Morgan fingerprint density at radius 1 is 1.15 bits per heavy atom. The maximum Gasteiger partial charge on any atom is 0.257 e. The van der Waals surface area contributed by atoms with Crippen LogP contribution >= 0.6 is 11.3 Å². The van der Waals surface area contributed by atoms with Crippen molar-refractivity contribution in [3.8, 4) is 5.75 Å². The lowest BCUT2D eigenvalue weighted by molar-refractivity contribution is 0.102. The van der Waals surface area contributed by atoms with Crippen molar-refractivity contribution in [2.75, 3.05) is 5.32 Å². The van der Waals surface area contributed by atoms with E-state index in [1.165, 1.54) is 4.88 Å². The fraction of sp³-hybridized carbons (Fsp3) is 0.125. The molecule has 8 nitrogen and oxygen atoms in total. The lowest BCUT2D eigenvalue weighted by Gasteiger charge is -2.12. The number of hydrogen-bond donors (Lipinski definition) is 1. The molecule has 0 aliphatic rings. The highest BCUT2D eigenvalue weighted by molar-refractivity contribution is 7.09. The summed E-state index contributed by atoms with van der Waals surface area (Å²) in [4.78, 5) is 27.4. The molecule has 5 rings (SSSR count). The van der Waals surface area contributed by atoms with Gasteiger partial charge >= 0.3 is 0 Å². The number of rotatable bonds is 7. The zero-order valence-corrected chi connectivity index (χ0v) is 18.6. The third-order valence-electron chi connectivity index (χ3n) is 5.01. The minimum atomic E-state index is -0.298. The number of ether oxygens (including phenoxy) is 1. The second-order valence-corrected chi connectivity index (χ2v) is 8.41. The van der Waals surface area contributed by atoms with Crippen molar-refractivity contribution < 1.29 is 9.53 Å². The van der Waals surface area contributed by atoms with Crippen LogP contribution in [0, 0.1) is 6.92 Å². The summed E-state index contributed by atoms with van der Waals surface area (Å²) in [5.41, 5.74) is 2.86. The number of carbonyl (C=O) groups is 1. The zero-order chi connectivity index (χ0) is 22.6. The number of fused-ring (bicyclic) bond motifs is 1. The van der Waals surface area contributed by atoms with E-state index in [2.05, 4.69) is 31.4 Å². The molecule has 0 atom stereocenters. The van der Waals surface area contributed by atoms with E-state index in [1.807, 2.05) is 35.2 Å². The van der Waals surface area contributed by atoms with Crippen molar-refractivity contribution >= 4 is 34.1 Å². The van der Waals surface area contributed by atoms with E-state index in [-0.39, 0.29) is 5.91 Å². The molecule has 0 bridgehead atoms. The number of aromatic nitrogens is 5. The molecule has 0 aliphatic heterocycles. The summed E-state index contributed by atoms with van der Waals surface area (Å²) in [5.74, 6) is 0.539. The van der Waals surface area contributed by atoms with E-state index < -0.39 is 0 Å². The molecule has 5 heterocycles. The van der Waals surface area contributed by atoms with E-state index in [0.717, 1.165) is 11.3 Å². The highest BCUT2D eigenvalue weighted by Crippen LogP contribution is 2.25. The van der Waals surface area contributed by atoms with Crippen molar-refractivity contribution in [1.29, 1.82) is 0 Å². The monoisotopic (exact) mass is 456 g/mol. The molecule has 0 aliphatic carbocycles. The fourth-order valence-corrected chi connectivity index (χ4v) is 4.13. The number of amides is 1. The van der Waals surface area contributed by atoms with E-state index >= 15 is 0 Å². The smallest absolute Gasteiger partial charge is 0.257 e. The van der Waals surface area contributed by atoms with Gasteiger partial charge in [-0.2, -0.15) is 5.10 Å². The predicted octanol–water partition coefficient (Wildman–Crippen LogP) is 4.47. The molecule has 0 saturated heterocycles. The summed E-state index contributed by atoms with van der Waals surface area (Å²) in [7, 11) is 0. The Morgan fingerprint density at radius 3 is 2.85 bits per heavy atom. The first-order chi connectivity index (χ1) is 16.2. The highest BCUT2D eigenvalue weighted by Gasteiger charge is 2.18. The summed E-state index contributed by atoms with van der Waals surface area (Å²) in [6.45, 7) is 2.81. The average molecular weight is 457 g/mol. The first-order valence-electron chi connectivity index (χ1n) is 10.3. The Labute approximate surface area is 193 Å². The second kappa shape index (κ2) is 9.17. The molecule has 5 aromatic rings. The van der Waals surface area contributed by atoms with E-state index in [9.17, 15) is 4.79 Å². The van der Waals surface area contributed by atoms with Crippen LogP contribution in [0.4, 0.5) is 5.82 Å². The maximum atomic E-state index is 13.3. The largest absolute Gasteiger partial charge is 0.485 e. The third kappa shape index (κ3) is 4.58. The lowest BCUT2D eigenvalue weighted by atomic mass is 10.1. The van der Waals surface area contributed by atoms with Crippen LogP contribution in [0.15, 0.2) is 72.6 Å². The Balaban J connectivity index is 1.40. The van der Waals surface area contributed by atoms with Gasteiger partial charge in [0.25, 0.3) is 5.91 Å². The topological polar surface area (TPSA) is 94.8 Å². The van der Waals surface area contributed by atoms with E-state index in [4.69, 9.17) is 4.74 Å². The van der Waals surface area contributed by atoms with Gasteiger partial charge in [-0.05, 0) is 54.3 Å². The number of nitrogens with one attached hydrogen (secondary N) is 1. The molecular formula is C24H20N6O2S. The minimum Gasteiger partial charge on any atom is -0.485 e. The number of hydrogen-bond acceptors (Lipinski definition) is 7. The number of thiophene rings is 1. The van der Waals surface area contributed by atoms with Gasteiger partial charge in [0.05, 0.1) is 23.7 Å². The number of nitrogens with zero attached hydrogens (tertiary/aromatic N) is 5. The lowest BCUT2D eigenvalue weighted by Crippen LogP contribution is -2.15. The zero-order valence-electron chi connectivity index (χ0n) is 17.8. The molecule has 0 spiro atoms. The van der Waals surface area contributed by atoms with Crippen LogP contribution in [0.5, 0.6) is 5.75 Å². The second-order valence-electron chi connectivity index (χ2n) is 7.38. The SMILES string of the molecule is Cc1cc(C(=O)Nc2ncccc2OCc2ccncc2)c2cnn(Cc3cccs3)c2n1. The molecule has 0 fully saturated rings. The van der Waals surface area contributed by atoms with Gasteiger partial charge in [0.1, 0.15) is 6.61 Å². The molecule has 9 heteroatoms. The minimum absolute atomic E-state index is 0.298. The van der Waals surface area contributed by atoms with Gasteiger partial charge in [-0.3, -0.25) is 9.78 Å². The summed E-state index contributed by atoms with van der Waals surface area (Å²) in [6, 6.07) is 13.1. The van der Waals surface area contributed by atoms with Gasteiger partial charge < -0.3 is 10.1 Å². The van der Waals surface area contributed by atoms with Crippen LogP contribution in [0.25, 0.3) is 11.0 Å². The summed E-state index contributed by atoms with van der Waals surface area (Å²) < 4.78 is 7.72. The standard InChI is InChI=1S/C24H20N6O2S/c1-16-12-19(20-13-27-30(23(20)28-16)14-18-4-3-11-33-18)24(31)29-22-21(5-2-8-26-22)32-15-17-6-9-25-10-7-17/h2-13H,14-15H2,1H3,(H,26,29,31). The molecule has 0 aromatic carbocycles. The Bertz CT molecular complexity index is 1400. The Morgan fingerprint density at radius 2 is 2.03 bits per heavy atom. The molecule has 0 radical (unpaired) electrons. The predicted molar refractivity (Wildman–Crippen MR) is 126 cm³/mol. The average Bonchev–Trinajstić information content (AvgIpc) is 3.49.